The van der Waals surface area contributed by atoms with Crippen LogP contribution in [0.25, 0.3) is 22.2 Å². The molecule has 0 fully saturated rings. The summed E-state index contributed by atoms with van der Waals surface area (Å²) in [6, 6.07) is 8.56. The zero-order chi connectivity index (χ0) is 24.6. The van der Waals surface area contributed by atoms with Gasteiger partial charge in [-0.25, -0.2) is 0 Å². The number of fused-ring (bicyclic) bond motifs is 1. The number of hydrogen-bond acceptors (Lipinski definition) is 4. The lowest BCUT2D eigenvalue weighted by molar-refractivity contribution is -0.150. The van der Waals surface area contributed by atoms with Crippen LogP contribution in [0.3, 0.4) is 0 Å². The highest BCUT2D eigenvalue weighted by atomic mass is 79.9. The Hall–Kier alpha value is -2.39. The Balaban J connectivity index is 2.44. The minimum absolute atomic E-state index is 0.169. The number of hydrogen-bond donors (Lipinski definition) is 0. The number of nitrogens with zero attached hydrogens (tertiary/aromatic N) is 2. The standard InChI is InChI=1S/C24H26BrF3N2O3/c1-14(32-4)20-16(7-6-10-29-20)21-18(12-23(2,3)22(31)33-5)17-11-15(25)8-9-19(17)30(21)13-24(26,27)28/h6-11,14H,12-13H2,1-5H3/t14-/m0/s1. The number of carbonyl (C=O) groups excluding carboxylic acids is 1. The van der Waals surface area contributed by atoms with Crippen molar-refractivity contribution in [3.05, 3.63) is 52.3 Å². The molecule has 0 aliphatic carbocycles. The van der Waals surface area contributed by atoms with E-state index in [1.807, 2.05) is 0 Å². The van der Waals surface area contributed by atoms with Crippen LogP contribution in [0.2, 0.25) is 0 Å². The quantitative estimate of drug-likeness (QED) is 0.330. The molecule has 0 spiro atoms. The van der Waals surface area contributed by atoms with E-state index in [0.29, 0.717) is 33.4 Å². The highest BCUT2D eigenvalue weighted by molar-refractivity contribution is 9.10. The molecular weight excluding hydrogens is 501 g/mol. The zero-order valence-electron chi connectivity index (χ0n) is 19.1. The van der Waals surface area contributed by atoms with Crippen molar-refractivity contribution in [3.8, 4) is 11.3 Å². The summed E-state index contributed by atoms with van der Waals surface area (Å²) < 4.78 is 53.7. The lowest BCUT2D eigenvalue weighted by atomic mass is 9.83. The molecule has 0 saturated carbocycles. The summed E-state index contributed by atoms with van der Waals surface area (Å²) in [6.07, 6.45) is -3.16. The monoisotopic (exact) mass is 526 g/mol. The van der Waals surface area contributed by atoms with E-state index in [-0.39, 0.29) is 6.42 Å². The van der Waals surface area contributed by atoms with Crippen LogP contribution in [0.15, 0.2) is 41.0 Å². The number of benzene rings is 1. The molecule has 1 atom stereocenters. The molecule has 0 amide bonds. The summed E-state index contributed by atoms with van der Waals surface area (Å²) in [5.41, 5.74) is 1.47. The number of ether oxygens (including phenoxy) is 2. The van der Waals surface area contributed by atoms with Crippen LogP contribution in [0.1, 0.15) is 38.1 Å². The normalized spacial score (nSPS) is 13.4. The number of carbonyl (C=O) groups is 1. The van der Waals surface area contributed by atoms with Gasteiger partial charge in [0.25, 0.3) is 0 Å². The molecule has 33 heavy (non-hydrogen) atoms. The smallest absolute Gasteiger partial charge is 0.406 e. The highest BCUT2D eigenvalue weighted by Gasteiger charge is 2.36. The number of pyridine rings is 1. The first-order valence-corrected chi connectivity index (χ1v) is 11.1. The third-order valence-corrected chi connectivity index (χ3v) is 6.15. The number of halogens is 4. The lowest BCUT2D eigenvalue weighted by Crippen LogP contribution is -2.28. The Morgan fingerprint density at radius 1 is 1.21 bits per heavy atom. The SMILES string of the molecule is COC(=O)C(C)(C)Cc1c(-c2cccnc2[C@H](C)OC)n(CC(F)(F)F)c2ccc(Br)cc12. The minimum Gasteiger partial charge on any atom is -0.469 e. The van der Waals surface area contributed by atoms with Crippen molar-refractivity contribution in [2.45, 2.75) is 46.0 Å². The summed E-state index contributed by atoms with van der Waals surface area (Å²) in [4.78, 5) is 16.9. The van der Waals surface area contributed by atoms with Crippen molar-refractivity contribution < 1.29 is 27.4 Å². The van der Waals surface area contributed by atoms with Crippen molar-refractivity contribution in [3.63, 3.8) is 0 Å². The molecule has 3 aromatic rings. The van der Waals surface area contributed by atoms with E-state index < -0.39 is 30.2 Å². The third kappa shape index (κ3) is 5.24. The summed E-state index contributed by atoms with van der Waals surface area (Å²) in [5, 5.41) is 0.625. The number of esters is 1. The fraction of sp³-hybridized carbons (Fsp3) is 0.417. The molecule has 0 radical (unpaired) electrons. The summed E-state index contributed by atoms with van der Waals surface area (Å²) >= 11 is 3.43. The Morgan fingerprint density at radius 2 is 1.91 bits per heavy atom. The molecule has 0 N–H and O–H groups in total. The van der Waals surface area contributed by atoms with Crippen molar-refractivity contribution in [1.29, 1.82) is 0 Å². The van der Waals surface area contributed by atoms with Gasteiger partial charge in [-0.3, -0.25) is 9.78 Å². The fourth-order valence-electron chi connectivity index (χ4n) is 4.07. The van der Waals surface area contributed by atoms with Gasteiger partial charge in [0, 0.05) is 34.2 Å². The van der Waals surface area contributed by atoms with E-state index in [0.717, 1.165) is 4.47 Å². The van der Waals surface area contributed by atoms with Crippen molar-refractivity contribution in [1.82, 2.24) is 9.55 Å². The number of methoxy groups -OCH3 is 2. The van der Waals surface area contributed by atoms with Gasteiger partial charge in [0.05, 0.1) is 30.0 Å². The molecule has 9 heteroatoms. The van der Waals surface area contributed by atoms with E-state index in [4.69, 9.17) is 9.47 Å². The van der Waals surface area contributed by atoms with Crippen molar-refractivity contribution >= 4 is 32.8 Å². The zero-order valence-corrected chi connectivity index (χ0v) is 20.7. The van der Waals surface area contributed by atoms with Gasteiger partial charge in [0.1, 0.15) is 6.54 Å². The van der Waals surface area contributed by atoms with E-state index in [2.05, 4.69) is 20.9 Å². The predicted octanol–water partition coefficient (Wildman–Crippen LogP) is 6.48. The van der Waals surface area contributed by atoms with Gasteiger partial charge in [0.2, 0.25) is 0 Å². The molecule has 2 aromatic heterocycles. The molecule has 2 heterocycles. The van der Waals surface area contributed by atoms with E-state index in [1.54, 1.807) is 57.3 Å². The van der Waals surface area contributed by atoms with Gasteiger partial charge in [-0.15, -0.1) is 0 Å². The maximum atomic E-state index is 13.8. The summed E-state index contributed by atoms with van der Waals surface area (Å²) in [7, 11) is 2.82. The molecule has 0 bridgehead atoms. The topological polar surface area (TPSA) is 53.4 Å². The average Bonchev–Trinajstić information content (AvgIpc) is 3.02. The van der Waals surface area contributed by atoms with E-state index in [9.17, 15) is 18.0 Å². The molecular formula is C24H26BrF3N2O3. The Morgan fingerprint density at radius 3 is 2.52 bits per heavy atom. The second-order valence-corrected chi connectivity index (χ2v) is 9.47. The minimum atomic E-state index is -4.46. The summed E-state index contributed by atoms with van der Waals surface area (Å²) in [6.45, 7) is 4.04. The van der Waals surface area contributed by atoms with Crippen LogP contribution in [-0.2, 0) is 27.2 Å². The van der Waals surface area contributed by atoms with Crippen LogP contribution in [0, 0.1) is 5.41 Å². The molecule has 0 unspecified atom stereocenters. The molecule has 0 aliphatic heterocycles. The van der Waals surface area contributed by atoms with Gasteiger partial charge in [-0.05, 0) is 63.1 Å². The lowest BCUT2D eigenvalue weighted by Gasteiger charge is -2.23. The first-order valence-electron chi connectivity index (χ1n) is 10.3. The van der Waals surface area contributed by atoms with Crippen LogP contribution in [0.4, 0.5) is 13.2 Å². The number of rotatable bonds is 7. The number of alkyl halides is 3. The van der Waals surface area contributed by atoms with Gasteiger partial charge in [0.15, 0.2) is 0 Å². The van der Waals surface area contributed by atoms with Gasteiger partial charge in [-0.1, -0.05) is 15.9 Å². The van der Waals surface area contributed by atoms with Crippen molar-refractivity contribution in [2.75, 3.05) is 14.2 Å². The predicted molar refractivity (Wildman–Crippen MR) is 124 cm³/mol. The van der Waals surface area contributed by atoms with Gasteiger partial charge in [-0.2, -0.15) is 13.2 Å². The largest absolute Gasteiger partial charge is 0.469 e. The summed E-state index contributed by atoms with van der Waals surface area (Å²) in [5.74, 6) is -0.447. The van der Waals surface area contributed by atoms with Crippen LogP contribution in [0.5, 0.6) is 0 Å². The van der Waals surface area contributed by atoms with Crippen LogP contribution < -0.4 is 0 Å². The van der Waals surface area contributed by atoms with Crippen LogP contribution >= 0.6 is 15.9 Å². The maximum absolute atomic E-state index is 13.8. The Kier molecular flexibility index (Phi) is 7.24. The van der Waals surface area contributed by atoms with Gasteiger partial charge >= 0.3 is 12.1 Å². The van der Waals surface area contributed by atoms with Gasteiger partial charge < -0.3 is 14.0 Å². The molecule has 0 aliphatic rings. The van der Waals surface area contributed by atoms with E-state index >= 15 is 0 Å². The molecule has 3 rings (SSSR count). The second kappa shape index (κ2) is 9.46. The third-order valence-electron chi connectivity index (χ3n) is 5.66. The average molecular weight is 527 g/mol. The molecule has 178 valence electrons. The maximum Gasteiger partial charge on any atom is 0.406 e. The van der Waals surface area contributed by atoms with Crippen molar-refractivity contribution in [2.24, 2.45) is 5.41 Å². The first kappa shape index (κ1) is 25.2. The molecule has 0 saturated heterocycles. The number of aromatic nitrogens is 2. The molecule has 1 aromatic carbocycles. The Labute approximate surface area is 199 Å². The fourth-order valence-corrected chi connectivity index (χ4v) is 4.43. The van der Waals surface area contributed by atoms with Crippen LogP contribution in [-0.4, -0.2) is 35.9 Å². The highest BCUT2D eigenvalue weighted by Crippen LogP contribution is 2.42. The second-order valence-electron chi connectivity index (χ2n) is 8.56. The Bertz CT molecular complexity index is 1170. The molecule has 5 nitrogen and oxygen atoms in total. The van der Waals surface area contributed by atoms with E-state index in [1.165, 1.54) is 18.8 Å². The first-order chi connectivity index (χ1) is 15.4.